The zero-order chi connectivity index (χ0) is 44.9. The Balaban J connectivity index is 1.10. The molecule has 9 aromatic rings. The van der Waals surface area contributed by atoms with Gasteiger partial charge in [0.25, 0.3) is 0 Å². The Bertz CT molecular complexity index is 3520. The van der Waals surface area contributed by atoms with Gasteiger partial charge in [0.05, 0.1) is 11.4 Å². The second-order valence-corrected chi connectivity index (χ2v) is 17.7. The van der Waals surface area contributed by atoms with E-state index < -0.39 is 5.41 Å². The summed E-state index contributed by atoms with van der Waals surface area (Å²) < 4.78 is 7.30. The van der Waals surface area contributed by atoms with Gasteiger partial charge in [-0.2, -0.15) is 0 Å². The SMILES string of the molecule is C/C=C\C(=C/CC)N(c1ccc2c(c1)C1=C(CCC=C1)C21c2oc3ccccc3c2-c2cccc(C=CN(c3ccccc3)c3ccccc3-c3ccccc3)c21)c1cccc2ccccc12. The third-order valence-electron chi connectivity index (χ3n) is 14.0. The fourth-order valence-electron chi connectivity index (χ4n) is 11.3. The molecule has 1 unspecified atom stereocenters. The van der Waals surface area contributed by atoms with Gasteiger partial charge >= 0.3 is 0 Å². The van der Waals surface area contributed by atoms with E-state index >= 15 is 0 Å². The van der Waals surface area contributed by atoms with E-state index in [2.05, 4.69) is 254 Å². The van der Waals surface area contributed by atoms with Gasteiger partial charge in [0, 0.05) is 45.2 Å². The molecule has 0 N–H and O–H groups in total. The number of allylic oxidation sites excluding steroid dienone is 7. The van der Waals surface area contributed by atoms with Crippen LogP contribution in [0, 0.1) is 0 Å². The van der Waals surface area contributed by atoms with Gasteiger partial charge in [0.2, 0.25) is 0 Å². The van der Waals surface area contributed by atoms with E-state index in [0.29, 0.717) is 0 Å². The number of rotatable bonds is 10. The van der Waals surface area contributed by atoms with Crippen molar-refractivity contribution in [2.24, 2.45) is 0 Å². The molecular weight excluding hydrogens is 813 g/mol. The van der Waals surface area contributed by atoms with Gasteiger partial charge in [0.15, 0.2) is 0 Å². The van der Waals surface area contributed by atoms with Crippen LogP contribution in [-0.4, -0.2) is 0 Å². The van der Waals surface area contributed by atoms with Gasteiger partial charge in [0.1, 0.15) is 16.8 Å². The quantitative estimate of drug-likeness (QED) is 0.128. The molecule has 322 valence electrons. The fraction of sp³-hybridized carbons (Fsp3) is 0.0938. The van der Waals surface area contributed by atoms with Crippen molar-refractivity contribution < 1.29 is 4.42 Å². The lowest BCUT2D eigenvalue weighted by molar-refractivity contribution is 0.494. The molecule has 1 spiro atoms. The highest BCUT2D eigenvalue weighted by molar-refractivity contribution is 6.07. The first-order chi connectivity index (χ1) is 33.2. The van der Waals surface area contributed by atoms with Crippen LogP contribution in [0.5, 0.6) is 0 Å². The molecule has 3 nitrogen and oxygen atoms in total. The predicted octanol–water partition coefficient (Wildman–Crippen LogP) is 17.5. The van der Waals surface area contributed by atoms with Crippen molar-refractivity contribution in [2.75, 3.05) is 9.80 Å². The summed E-state index contributed by atoms with van der Waals surface area (Å²) in [7, 11) is 0. The molecule has 1 aromatic heterocycles. The zero-order valence-corrected chi connectivity index (χ0v) is 37.9. The largest absolute Gasteiger partial charge is 0.459 e. The summed E-state index contributed by atoms with van der Waals surface area (Å²) in [5, 5.41) is 3.59. The summed E-state index contributed by atoms with van der Waals surface area (Å²) in [6.45, 7) is 4.33. The van der Waals surface area contributed by atoms with Gasteiger partial charge in [-0.1, -0.05) is 177 Å². The van der Waals surface area contributed by atoms with Crippen LogP contribution in [0.15, 0.2) is 240 Å². The van der Waals surface area contributed by atoms with Gasteiger partial charge in [-0.3, -0.25) is 0 Å². The molecular formula is C64H50N2O. The van der Waals surface area contributed by atoms with Crippen LogP contribution in [-0.2, 0) is 5.41 Å². The Hall–Kier alpha value is -8.14. The molecule has 0 amide bonds. The normalized spacial score (nSPS) is 16.1. The monoisotopic (exact) mass is 862 g/mol. The number of hydrogen-bond acceptors (Lipinski definition) is 3. The molecule has 0 fully saturated rings. The van der Waals surface area contributed by atoms with Crippen LogP contribution < -0.4 is 9.80 Å². The number of furan rings is 1. The first-order valence-electron chi connectivity index (χ1n) is 23.7. The van der Waals surface area contributed by atoms with Crippen molar-refractivity contribution in [3.63, 3.8) is 0 Å². The highest BCUT2D eigenvalue weighted by Crippen LogP contribution is 2.66. The maximum Gasteiger partial charge on any atom is 0.135 e. The van der Waals surface area contributed by atoms with Gasteiger partial charge < -0.3 is 14.2 Å². The molecule has 3 aliphatic carbocycles. The lowest BCUT2D eigenvalue weighted by Crippen LogP contribution is -2.28. The second-order valence-electron chi connectivity index (χ2n) is 17.7. The highest BCUT2D eigenvalue weighted by atomic mass is 16.3. The zero-order valence-electron chi connectivity index (χ0n) is 37.9. The minimum absolute atomic E-state index is 0.645. The topological polar surface area (TPSA) is 19.6 Å². The van der Waals surface area contributed by atoms with Gasteiger partial charge in [-0.05, 0) is 131 Å². The first-order valence-corrected chi connectivity index (χ1v) is 23.7. The Morgan fingerprint density at radius 2 is 1.37 bits per heavy atom. The molecule has 1 atom stereocenters. The van der Waals surface area contributed by atoms with Crippen molar-refractivity contribution in [3.05, 3.63) is 264 Å². The number of nitrogens with zero attached hydrogens (tertiary/aromatic N) is 2. The molecule has 0 bridgehead atoms. The summed E-state index contributed by atoms with van der Waals surface area (Å²) in [5.74, 6) is 1.03. The molecule has 0 saturated carbocycles. The summed E-state index contributed by atoms with van der Waals surface area (Å²) in [6, 6.07) is 68.2. The third-order valence-corrected chi connectivity index (χ3v) is 14.0. The van der Waals surface area contributed by atoms with E-state index in [-0.39, 0.29) is 0 Å². The molecule has 67 heavy (non-hydrogen) atoms. The molecule has 8 aromatic carbocycles. The molecule has 12 rings (SSSR count). The lowest BCUT2D eigenvalue weighted by Gasteiger charge is -2.33. The van der Waals surface area contributed by atoms with Gasteiger partial charge in [-0.15, -0.1) is 0 Å². The molecule has 0 aliphatic heterocycles. The van der Waals surface area contributed by atoms with Crippen LogP contribution in [0.4, 0.5) is 22.7 Å². The summed E-state index contributed by atoms with van der Waals surface area (Å²) in [6.07, 6.45) is 18.9. The van der Waals surface area contributed by atoms with Crippen molar-refractivity contribution in [3.8, 4) is 22.3 Å². The Morgan fingerprint density at radius 3 is 2.22 bits per heavy atom. The Labute approximate surface area is 393 Å². The average molecular weight is 863 g/mol. The van der Waals surface area contributed by atoms with E-state index in [0.717, 1.165) is 64.4 Å². The van der Waals surface area contributed by atoms with Crippen LogP contribution in [0.25, 0.3) is 55.6 Å². The number of fused-ring (bicyclic) bond motifs is 12. The predicted molar refractivity (Wildman–Crippen MR) is 282 cm³/mol. The standard InChI is InChI=1S/C64H50N2O/c1-3-21-48(22-4-2)66(59-37-20-26-45-25-11-12-31-51(45)59)49-39-40-57-55(43-49)52-32-13-16-35-56(52)64(57)62-46(27-19-34-54(62)61-53-33-15-18-38-60(53)67-63(61)64)41-42-65(47-28-9-6-10-29-47)58-36-17-14-30-50(58)44-23-7-5-8-24-44/h3,5-15,17-34,36-43H,4,16,35H2,1-2H3/b21-3-,42-41?,48-22+. The maximum absolute atomic E-state index is 7.30. The summed E-state index contributed by atoms with van der Waals surface area (Å²) in [5.41, 5.74) is 18.4. The summed E-state index contributed by atoms with van der Waals surface area (Å²) in [4.78, 5) is 4.80. The Morgan fingerprint density at radius 1 is 0.657 bits per heavy atom. The minimum atomic E-state index is -0.645. The fourth-order valence-corrected chi connectivity index (χ4v) is 11.3. The van der Waals surface area contributed by atoms with Crippen LogP contribution in [0.2, 0.25) is 0 Å². The number of para-hydroxylation sites is 3. The molecule has 3 aliphatic rings. The van der Waals surface area contributed by atoms with E-state index in [1.165, 1.54) is 66.4 Å². The van der Waals surface area contributed by atoms with Crippen molar-refractivity contribution >= 4 is 56.1 Å². The Kier molecular flexibility index (Phi) is 10.1. The van der Waals surface area contributed by atoms with E-state index in [9.17, 15) is 0 Å². The van der Waals surface area contributed by atoms with Crippen molar-refractivity contribution in [1.29, 1.82) is 0 Å². The second kappa shape index (κ2) is 16.7. The lowest BCUT2D eigenvalue weighted by atomic mass is 9.69. The van der Waals surface area contributed by atoms with Crippen molar-refractivity contribution in [1.82, 2.24) is 0 Å². The number of anilines is 4. The molecule has 1 heterocycles. The summed E-state index contributed by atoms with van der Waals surface area (Å²) >= 11 is 0. The average Bonchev–Trinajstić information content (AvgIpc) is 4.01. The molecule has 3 heteroatoms. The smallest absolute Gasteiger partial charge is 0.135 e. The van der Waals surface area contributed by atoms with Gasteiger partial charge in [-0.25, -0.2) is 0 Å². The van der Waals surface area contributed by atoms with E-state index in [4.69, 9.17) is 4.42 Å². The third kappa shape index (κ3) is 6.41. The van der Waals surface area contributed by atoms with Crippen LogP contribution >= 0.6 is 0 Å². The maximum atomic E-state index is 7.30. The first kappa shape index (κ1) is 40.4. The molecule has 0 saturated heterocycles. The molecule has 0 radical (unpaired) electrons. The highest BCUT2D eigenvalue weighted by Gasteiger charge is 2.56. The number of hydrogen-bond donors (Lipinski definition) is 0. The van der Waals surface area contributed by atoms with Crippen LogP contribution in [0.3, 0.4) is 0 Å². The van der Waals surface area contributed by atoms with E-state index in [1.807, 2.05) is 0 Å². The van der Waals surface area contributed by atoms with Crippen LogP contribution in [0.1, 0.15) is 61.1 Å². The van der Waals surface area contributed by atoms with Crippen molar-refractivity contribution in [2.45, 2.75) is 38.5 Å². The minimum Gasteiger partial charge on any atom is -0.459 e. The van der Waals surface area contributed by atoms with E-state index in [1.54, 1.807) is 0 Å². The number of benzene rings is 8.